The van der Waals surface area contributed by atoms with Crippen molar-refractivity contribution in [2.75, 3.05) is 11.4 Å². The highest BCUT2D eigenvalue weighted by molar-refractivity contribution is 7.11. The number of hydrogen-bond acceptors (Lipinski definition) is 2. The van der Waals surface area contributed by atoms with E-state index >= 15 is 0 Å². The van der Waals surface area contributed by atoms with Gasteiger partial charge in [-0.25, -0.2) is 0 Å². The van der Waals surface area contributed by atoms with E-state index < -0.39 is 0 Å². The first kappa shape index (κ1) is 13.9. The van der Waals surface area contributed by atoms with Crippen LogP contribution in [-0.4, -0.2) is 12.5 Å². The summed E-state index contributed by atoms with van der Waals surface area (Å²) < 4.78 is 2.46. The number of anilines is 1. The van der Waals surface area contributed by atoms with Gasteiger partial charge in [-0.05, 0) is 32.3 Å². The van der Waals surface area contributed by atoms with E-state index in [2.05, 4.69) is 29.7 Å². The van der Waals surface area contributed by atoms with Gasteiger partial charge in [-0.1, -0.05) is 23.5 Å². The van der Waals surface area contributed by atoms with Crippen molar-refractivity contribution < 1.29 is 9.36 Å². The normalized spacial score (nSPS) is 19.9. The van der Waals surface area contributed by atoms with E-state index in [1.165, 1.54) is 35.7 Å². The SMILES string of the molecule is CC(=O)N1CC(C)c2sc3c([n+]2-c2ccccc21)CCCC3. The zero-order valence-electron chi connectivity index (χ0n) is 13.1. The predicted molar refractivity (Wildman–Crippen MR) is 88.9 cm³/mol. The van der Waals surface area contributed by atoms with Crippen LogP contribution in [0.2, 0.25) is 0 Å². The molecule has 3 nitrogen and oxygen atoms in total. The molecule has 114 valence electrons. The number of para-hydroxylation sites is 2. The first-order chi connectivity index (χ1) is 10.7. The molecule has 1 unspecified atom stereocenters. The summed E-state index contributed by atoms with van der Waals surface area (Å²) in [6, 6.07) is 8.35. The predicted octanol–water partition coefficient (Wildman–Crippen LogP) is 3.37. The van der Waals surface area contributed by atoms with E-state index in [1.807, 2.05) is 22.3 Å². The van der Waals surface area contributed by atoms with Gasteiger partial charge in [0.05, 0.1) is 10.8 Å². The third-order valence-electron chi connectivity index (χ3n) is 4.78. The molecule has 1 aliphatic heterocycles. The van der Waals surface area contributed by atoms with Gasteiger partial charge in [0, 0.05) is 26.0 Å². The topological polar surface area (TPSA) is 24.2 Å². The molecule has 0 bridgehead atoms. The number of hydrogen-bond donors (Lipinski definition) is 0. The van der Waals surface area contributed by atoms with E-state index in [1.54, 1.807) is 11.8 Å². The summed E-state index contributed by atoms with van der Waals surface area (Å²) in [6.07, 6.45) is 4.96. The third-order valence-corrected chi connectivity index (χ3v) is 6.26. The molecule has 22 heavy (non-hydrogen) atoms. The highest BCUT2D eigenvalue weighted by Crippen LogP contribution is 2.36. The van der Waals surface area contributed by atoms with Gasteiger partial charge in [0.1, 0.15) is 5.69 Å². The minimum atomic E-state index is 0.129. The van der Waals surface area contributed by atoms with Crippen molar-refractivity contribution in [3.63, 3.8) is 0 Å². The van der Waals surface area contributed by atoms with Crippen molar-refractivity contribution in [1.82, 2.24) is 0 Å². The van der Waals surface area contributed by atoms with E-state index in [-0.39, 0.29) is 5.91 Å². The number of aryl methyl sites for hydroxylation is 1. The zero-order chi connectivity index (χ0) is 15.3. The summed E-state index contributed by atoms with van der Waals surface area (Å²) in [7, 11) is 0. The molecule has 0 radical (unpaired) electrons. The second-order valence-electron chi connectivity index (χ2n) is 6.37. The minimum Gasteiger partial charge on any atom is -0.306 e. The number of amides is 1. The summed E-state index contributed by atoms with van der Waals surface area (Å²) in [5.74, 6) is 0.496. The number of rotatable bonds is 0. The largest absolute Gasteiger partial charge is 0.306 e. The first-order valence-electron chi connectivity index (χ1n) is 8.11. The van der Waals surface area contributed by atoms with Crippen LogP contribution >= 0.6 is 11.3 Å². The number of carbonyl (C=O) groups is 1. The molecule has 2 heterocycles. The molecule has 1 aromatic heterocycles. The Morgan fingerprint density at radius 1 is 1.27 bits per heavy atom. The lowest BCUT2D eigenvalue weighted by Crippen LogP contribution is -2.38. The fraction of sp³-hybridized carbons (Fsp3) is 0.444. The zero-order valence-corrected chi connectivity index (χ0v) is 13.9. The van der Waals surface area contributed by atoms with Crippen LogP contribution in [0, 0.1) is 0 Å². The van der Waals surface area contributed by atoms with Crippen molar-refractivity contribution in [2.45, 2.75) is 45.4 Å². The second-order valence-corrected chi connectivity index (χ2v) is 7.49. The van der Waals surface area contributed by atoms with Gasteiger partial charge in [-0.2, -0.15) is 0 Å². The quantitative estimate of drug-likeness (QED) is 0.684. The van der Waals surface area contributed by atoms with Crippen molar-refractivity contribution in [1.29, 1.82) is 0 Å². The standard InChI is InChI=1S/C18H21N2OS/c1-12-11-19(13(2)21)14-7-3-4-8-15(14)20-16-9-5-6-10-17(16)22-18(12)20/h3-4,7-8,12H,5-6,9-11H2,1-2H3/q+1. The lowest BCUT2D eigenvalue weighted by atomic mass is 10.0. The van der Waals surface area contributed by atoms with Crippen LogP contribution < -0.4 is 9.47 Å². The van der Waals surface area contributed by atoms with Crippen LogP contribution in [0.25, 0.3) is 5.69 Å². The Morgan fingerprint density at radius 3 is 2.86 bits per heavy atom. The molecule has 0 saturated carbocycles. The molecule has 2 aliphatic rings. The van der Waals surface area contributed by atoms with Gasteiger partial charge < -0.3 is 4.90 Å². The second kappa shape index (κ2) is 5.20. The minimum absolute atomic E-state index is 0.129. The Balaban J connectivity index is 2.00. The molecular weight excluding hydrogens is 292 g/mol. The highest BCUT2D eigenvalue weighted by Gasteiger charge is 2.38. The number of aromatic nitrogens is 1. The Bertz CT molecular complexity index is 750. The number of benzene rings is 1. The number of thiazole rings is 1. The maximum Gasteiger partial charge on any atom is 0.248 e. The number of fused-ring (bicyclic) bond motifs is 5. The van der Waals surface area contributed by atoms with Gasteiger partial charge in [0.15, 0.2) is 0 Å². The van der Waals surface area contributed by atoms with Crippen LogP contribution in [0.1, 0.15) is 48.2 Å². The maximum absolute atomic E-state index is 12.1. The van der Waals surface area contributed by atoms with Gasteiger partial charge in [-0.15, -0.1) is 4.57 Å². The fourth-order valence-electron chi connectivity index (χ4n) is 3.73. The molecule has 2 aromatic rings. The number of carbonyl (C=O) groups excluding carboxylic acids is 1. The van der Waals surface area contributed by atoms with Gasteiger partial charge in [0.2, 0.25) is 22.3 Å². The summed E-state index contributed by atoms with van der Waals surface area (Å²) in [4.78, 5) is 15.6. The molecule has 0 saturated heterocycles. The maximum atomic E-state index is 12.1. The third kappa shape index (κ3) is 2.01. The monoisotopic (exact) mass is 313 g/mol. The lowest BCUT2D eigenvalue weighted by Gasteiger charge is -2.20. The molecule has 4 rings (SSSR count). The van der Waals surface area contributed by atoms with Crippen LogP contribution in [0.15, 0.2) is 24.3 Å². The van der Waals surface area contributed by atoms with Gasteiger partial charge >= 0.3 is 0 Å². The molecule has 1 aliphatic carbocycles. The van der Waals surface area contributed by atoms with Gasteiger partial charge in [0.25, 0.3) is 0 Å². The highest BCUT2D eigenvalue weighted by atomic mass is 32.1. The molecule has 1 atom stereocenters. The van der Waals surface area contributed by atoms with Crippen LogP contribution in [0.3, 0.4) is 0 Å². The summed E-state index contributed by atoms with van der Waals surface area (Å²) >= 11 is 1.96. The Hall–Kier alpha value is -1.68. The fourth-order valence-corrected chi connectivity index (χ4v) is 5.11. The molecular formula is C18H21N2OS+. The van der Waals surface area contributed by atoms with E-state index in [0.29, 0.717) is 5.92 Å². The first-order valence-corrected chi connectivity index (χ1v) is 8.92. The Morgan fingerprint density at radius 2 is 2.05 bits per heavy atom. The van der Waals surface area contributed by atoms with Crippen molar-refractivity contribution in [2.24, 2.45) is 0 Å². The molecule has 0 spiro atoms. The van der Waals surface area contributed by atoms with Crippen molar-refractivity contribution >= 4 is 22.9 Å². The van der Waals surface area contributed by atoms with E-state index in [0.717, 1.165) is 18.7 Å². The van der Waals surface area contributed by atoms with Crippen LogP contribution in [-0.2, 0) is 17.6 Å². The Labute approximate surface area is 135 Å². The van der Waals surface area contributed by atoms with Crippen LogP contribution in [0.4, 0.5) is 5.69 Å². The lowest BCUT2D eigenvalue weighted by molar-refractivity contribution is -0.607. The average molecular weight is 313 g/mol. The number of nitrogens with zero attached hydrogens (tertiary/aromatic N) is 2. The molecule has 1 aromatic carbocycles. The summed E-state index contributed by atoms with van der Waals surface area (Å²) in [5, 5.41) is 1.41. The summed E-state index contributed by atoms with van der Waals surface area (Å²) in [6.45, 7) is 4.68. The van der Waals surface area contributed by atoms with Crippen molar-refractivity contribution in [3.8, 4) is 5.69 Å². The van der Waals surface area contributed by atoms with Crippen molar-refractivity contribution in [3.05, 3.63) is 39.8 Å². The Kier molecular flexibility index (Phi) is 3.30. The smallest absolute Gasteiger partial charge is 0.248 e. The van der Waals surface area contributed by atoms with Crippen LogP contribution in [0.5, 0.6) is 0 Å². The molecule has 1 amide bonds. The molecule has 0 N–H and O–H groups in total. The molecule has 0 fully saturated rings. The average Bonchev–Trinajstić information content (AvgIpc) is 2.86. The molecule has 4 heteroatoms. The van der Waals surface area contributed by atoms with Gasteiger partial charge in [-0.3, -0.25) is 4.79 Å². The van der Waals surface area contributed by atoms with E-state index in [9.17, 15) is 4.79 Å². The van der Waals surface area contributed by atoms with E-state index in [4.69, 9.17) is 0 Å². The summed E-state index contributed by atoms with van der Waals surface area (Å²) in [5.41, 5.74) is 3.71.